The van der Waals surface area contributed by atoms with Crippen LogP contribution in [0.3, 0.4) is 0 Å². The zero-order chi connectivity index (χ0) is 24.6. The van der Waals surface area contributed by atoms with Crippen molar-refractivity contribution in [1.82, 2.24) is 4.98 Å². The fraction of sp³-hybridized carbons (Fsp3) is 0.240. The maximum atomic E-state index is 12.6. The summed E-state index contributed by atoms with van der Waals surface area (Å²) in [4.78, 5) is 25.2. The van der Waals surface area contributed by atoms with Crippen LogP contribution in [0.5, 0.6) is 11.5 Å². The minimum atomic E-state index is -0.786. The molecule has 0 aliphatic rings. The molecule has 0 radical (unpaired) electrons. The summed E-state index contributed by atoms with van der Waals surface area (Å²) in [5, 5.41) is 9.27. The van der Waals surface area contributed by atoms with Crippen molar-refractivity contribution in [2.45, 2.75) is 32.8 Å². The van der Waals surface area contributed by atoms with Gasteiger partial charge in [-0.3, -0.25) is 9.59 Å². The van der Waals surface area contributed by atoms with Crippen molar-refractivity contribution in [1.29, 1.82) is 0 Å². The molecular formula is C25H29FN2O5. The van der Waals surface area contributed by atoms with Crippen LogP contribution in [0.4, 0.5) is 4.39 Å². The standard InChI is InChI=1S/C12H15FO2.C7H8N2O3.C6H6/c1-3-12(14)15-9(2)8-10-4-6-11(13)7-5-10;1-12-4-2-3-9-5(6(4)10)7(8)11;1-2-4-6-5-3-1/h4-7,9H,3,8H2,1-2H3;2-3,10H,1H3,(H2,8,11);1-6H. The second kappa shape index (κ2) is 15.0. The number of rotatable bonds is 6. The van der Waals surface area contributed by atoms with Crippen molar-refractivity contribution >= 4 is 11.9 Å². The van der Waals surface area contributed by atoms with Gasteiger partial charge < -0.3 is 20.3 Å². The number of ether oxygens (including phenoxy) is 2. The summed E-state index contributed by atoms with van der Waals surface area (Å²) in [5.41, 5.74) is 5.70. The highest BCUT2D eigenvalue weighted by atomic mass is 19.1. The van der Waals surface area contributed by atoms with Gasteiger partial charge in [0.1, 0.15) is 11.9 Å². The molecule has 2 aromatic carbocycles. The maximum Gasteiger partial charge on any atom is 0.305 e. The fourth-order valence-electron chi connectivity index (χ4n) is 2.47. The first-order chi connectivity index (χ1) is 15.8. The number of aromatic nitrogens is 1. The monoisotopic (exact) mass is 456 g/mol. The number of halogens is 1. The second-order valence-electron chi connectivity index (χ2n) is 6.71. The van der Waals surface area contributed by atoms with Crippen molar-refractivity contribution in [3.63, 3.8) is 0 Å². The summed E-state index contributed by atoms with van der Waals surface area (Å²) >= 11 is 0. The molecule has 3 N–H and O–H groups in total. The lowest BCUT2D eigenvalue weighted by molar-refractivity contribution is -0.147. The number of esters is 1. The van der Waals surface area contributed by atoms with E-state index >= 15 is 0 Å². The first-order valence-electron chi connectivity index (χ1n) is 10.2. The Labute approximate surface area is 193 Å². The van der Waals surface area contributed by atoms with E-state index in [1.165, 1.54) is 31.5 Å². The van der Waals surface area contributed by atoms with Gasteiger partial charge >= 0.3 is 5.97 Å². The van der Waals surface area contributed by atoms with E-state index in [2.05, 4.69) is 4.98 Å². The average molecular weight is 457 g/mol. The van der Waals surface area contributed by atoms with Crippen LogP contribution in [0.1, 0.15) is 36.3 Å². The van der Waals surface area contributed by atoms with Crippen molar-refractivity contribution in [2.24, 2.45) is 5.73 Å². The summed E-state index contributed by atoms with van der Waals surface area (Å²) in [6.07, 6.45) is 2.17. The lowest BCUT2D eigenvalue weighted by Gasteiger charge is -2.12. The lowest BCUT2D eigenvalue weighted by atomic mass is 10.1. The molecule has 3 rings (SSSR count). The molecule has 1 atom stereocenters. The first kappa shape index (κ1) is 27.1. The Morgan fingerprint density at radius 1 is 1.06 bits per heavy atom. The van der Waals surface area contributed by atoms with Gasteiger partial charge in [-0.2, -0.15) is 0 Å². The van der Waals surface area contributed by atoms with Gasteiger partial charge in [0.05, 0.1) is 7.11 Å². The Morgan fingerprint density at radius 2 is 1.61 bits per heavy atom. The molecule has 1 heterocycles. The number of carbonyl (C=O) groups excluding carboxylic acids is 2. The molecule has 0 bridgehead atoms. The summed E-state index contributed by atoms with van der Waals surface area (Å²) in [5.74, 6) is -1.39. The minimum Gasteiger partial charge on any atom is -0.503 e. The number of hydrogen-bond acceptors (Lipinski definition) is 6. The van der Waals surface area contributed by atoms with E-state index in [4.69, 9.17) is 15.2 Å². The van der Waals surface area contributed by atoms with Gasteiger partial charge in [0.25, 0.3) is 5.91 Å². The zero-order valence-electron chi connectivity index (χ0n) is 18.9. The van der Waals surface area contributed by atoms with Crippen molar-refractivity contribution in [3.05, 3.63) is 90.0 Å². The third-order valence-electron chi connectivity index (χ3n) is 4.06. The molecule has 0 aliphatic carbocycles. The van der Waals surface area contributed by atoms with Gasteiger partial charge in [-0.05, 0) is 24.6 Å². The number of carbonyl (C=O) groups is 2. The molecule has 0 saturated heterocycles. The Morgan fingerprint density at radius 3 is 2.06 bits per heavy atom. The van der Waals surface area contributed by atoms with Gasteiger partial charge in [0.15, 0.2) is 17.2 Å². The van der Waals surface area contributed by atoms with Crippen LogP contribution in [-0.4, -0.2) is 35.2 Å². The molecule has 33 heavy (non-hydrogen) atoms. The Kier molecular flexibility index (Phi) is 12.3. The summed E-state index contributed by atoms with van der Waals surface area (Å²) < 4.78 is 22.4. The molecule has 176 valence electrons. The Hall–Kier alpha value is -3.94. The van der Waals surface area contributed by atoms with Crippen molar-refractivity contribution in [3.8, 4) is 11.5 Å². The van der Waals surface area contributed by atoms with Gasteiger partial charge in [0, 0.05) is 25.1 Å². The molecule has 1 aromatic heterocycles. The lowest BCUT2D eigenvalue weighted by Crippen LogP contribution is -2.16. The minimum absolute atomic E-state index is 0.164. The second-order valence-corrected chi connectivity index (χ2v) is 6.71. The third-order valence-corrected chi connectivity index (χ3v) is 4.06. The predicted octanol–water partition coefficient (Wildman–Crippen LogP) is 4.29. The van der Waals surface area contributed by atoms with E-state index in [9.17, 15) is 19.1 Å². The van der Waals surface area contributed by atoms with Gasteiger partial charge in [-0.25, -0.2) is 9.37 Å². The number of nitrogens with two attached hydrogens (primary N) is 1. The Balaban J connectivity index is 0.000000268. The normalized spacial score (nSPS) is 10.4. The highest BCUT2D eigenvalue weighted by Crippen LogP contribution is 2.26. The molecule has 1 unspecified atom stereocenters. The van der Waals surface area contributed by atoms with Crippen LogP contribution in [0.25, 0.3) is 0 Å². The summed E-state index contributed by atoms with van der Waals surface area (Å²) in [7, 11) is 1.37. The number of aromatic hydroxyl groups is 1. The molecule has 0 aliphatic heterocycles. The van der Waals surface area contributed by atoms with Crippen molar-refractivity contribution < 1.29 is 28.6 Å². The molecule has 0 saturated carbocycles. The summed E-state index contributed by atoms with van der Waals surface area (Å²) in [6.45, 7) is 3.59. The number of benzene rings is 2. The molecule has 0 spiro atoms. The number of pyridine rings is 1. The largest absolute Gasteiger partial charge is 0.503 e. The van der Waals surface area contributed by atoms with Crippen LogP contribution in [0, 0.1) is 5.82 Å². The first-order valence-corrected chi connectivity index (χ1v) is 10.2. The van der Waals surface area contributed by atoms with E-state index in [-0.39, 0.29) is 35.1 Å². The van der Waals surface area contributed by atoms with Crippen LogP contribution in [0.15, 0.2) is 72.9 Å². The van der Waals surface area contributed by atoms with Crippen LogP contribution >= 0.6 is 0 Å². The quantitative estimate of drug-likeness (QED) is 0.535. The average Bonchev–Trinajstić information content (AvgIpc) is 2.82. The smallest absolute Gasteiger partial charge is 0.305 e. The van der Waals surface area contributed by atoms with E-state index in [1.54, 1.807) is 19.1 Å². The van der Waals surface area contributed by atoms with Crippen LogP contribution < -0.4 is 10.5 Å². The Bertz CT molecular complexity index is 955. The van der Waals surface area contributed by atoms with E-state index in [0.29, 0.717) is 12.8 Å². The number of hydrogen-bond donors (Lipinski definition) is 2. The zero-order valence-corrected chi connectivity index (χ0v) is 18.9. The van der Waals surface area contributed by atoms with E-state index in [1.807, 2.05) is 43.3 Å². The summed E-state index contributed by atoms with van der Waals surface area (Å²) in [6, 6.07) is 19.6. The SMILES string of the molecule is CCC(=O)OC(C)Cc1ccc(F)cc1.COc1ccnc(C(N)=O)c1O.c1ccccc1. The molecule has 1 amide bonds. The predicted molar refractivity (Wildman–Crippen MR) is 123 cm³/mol. The van der Waals surface area contributed by atoms with Crippen LogP contribution in [-0.2, 0) is 16.0 Å². The number of amides is 1. The fourth-order valence-corrected chi connectivity index (χ4v) is 2.47. The van der Waals surface area contributed by atoms with E-state index < -0.39 is 5.91 Å². The van der Waals surface area contributed by atoms with Crippen molar-refractivity contribution in [2.75, 3.05) is 7.11 Å². The van der Waals surface area contributed by atoms with Crippen LogP contribution in [0.2, 0.25) is 0 Å². The number of primary amides is 1. The highest BCUT2D eigenvalue weighted by molar-refractivity contribution is 5.94. The molecule has 0 fully saturated rings. The molecule has 8 heteroatoms. The maximum absolute atomic E-state index is 12.6. The molecule has 3 aromatic rings. The van der Waals surface area contributed by atoms with Gasteiger partial charge in [-0.1, -0.05) is 55.5 Å². The number of nitrogens with zero attached hydrogens (tertiary/aromatic N) is 1. The molecule has 7 nitrogen and oxygen atoms in total. The van der Waals surface area contributed by atoms with E-state index in [0.717, 1.165) is 5.56 Å². The van der Waals surface area contributed by atoms with Gasteiger partial charge in [0.2, 0.25) is 0 Å². The highest BCUT2D eigenvalue weighted by Gasteiger charge is 2.12. The topological polar surface area (TPSA) is 112 Å². The molecular weight excluding hydrogens is 427 g/mol. The van der Waals surface area contributed by atoms with Gasteiger partial charge in [-0.15, -0.1) is 0 Å². The number of methoxy groups -OCH3 is 1. The third kappa shape index (κ3) is 10.8.